The van der Waals surface area contributed by atoms with E-state index in [0.29, 0.717) is 12.6 Å². The molecule has 144 valence electrons. The molecule has 27 heavy (non-hydrogen) atoms. The first-order valence-corrected chi connectivity index (χ1v) is 9.62. The van der Waals surface area contributed by atoms with Crippen LogP contribution in [0, 0.1) is 0 Å². The number of guanidine groups is 1. The van der Waals surface area contributed by atoms with Crippen LogP contribution in [0.5, 0.6) is 0 Å². The lowest BCUT2D eigenvalue weighted by atomic mass is 10.2. The van der Waals surface area contributed by atoms with Gasteiger partial charge in [0.2, 0.25) is 0 Å². The van der Waals surface area contributed by atoms with E-state index in [-0.39, 0.29) is 0 Å². The zero-order chi connectivity index (χ0) is 18.5. The first-order valence-electron chi connectivity index (χ1n) is 9.62. The predicted octanol–water partition coefficient (Wildman–Crippen LogP) is 1.82. The third-order valence-corrected chi connectivity index (χ3v) is 5.28. The third-order valence-electron chi connectivity index (χ3n) is 5.28. The smallest absolute Gasteiger partial charge is 0.194 e. The molecule has 1 aromatic carbocycles. The number of morpholine rings is 1. The van der Waals surface area contributed by atoms with Gasteiger partial charge in [0.05, 0.1) is 19.8 Å². The Balaban J connectivity index is 1.31. The second-order valence-electron chi connectivity index (χ2n) is 6.99. The van der Waals surface area contributed by atoms with Crippen LogP contribution in [0.15, 0.2) is 45.9 Å². The van der Waals surface area contributed by atoms with Gasteiger partial charge in [0.1, 0.15) is 5.69 Å². The van der Waals surface area contributed by atoms with Crippen molar-refractivity contribution >= 4 is 5.96 Å². The van der Waals surface area contributed by atoms with Crippen LogP contribution in [0.1, 0.15) is 12.1 Å². The minimum absolute atomic E-state index is 0.587. The molecule has 1 N–H and O–H groups in total. The highest BCUT2D eigenvalue weighted by Crippen LogP contribution is 2.20. The maximum Gasteiger partial charge on any atom is 0.194 e. The molecule has 2 aliphatic rings. The van der Waals surface area contributed by atoms with E-state index in [1.165, 1.54) is 6.42 Å². The van der Waals surface area contributed by atoms with Gasteiger partial charge in [-0.15, -0.1) is 0 Å². The summed E-state index contributed by atoms with van der Waals surface area (Å²) in [5.41, 5.74) is 1.91. The quantitative estimate of drug-likeness (QED) is 0.655. The van der Waals surface area contributed by atoms with E-state index in [2.05, 4.69) is 25.3 Å². The van der Waals surface area contributed by atoms with Crippen molar-refractivity contribution in [1.29, 1.82) is 0 Å². The summed E-state index contributed by atoms with van der Waals surface area (Å²) in [6.45, 7) is 6.39. The predicted molar refractivity (Wildman–Crippen MR) is 105 cm³/mol. The Morgan fingerprint density at radius 1 is 1.22 bits per heavy atom. The highest BCUT2D eigenvalue weighted by Gasteiger charge is 2.30. The molecule has 1 aromatic heterocycles. The molecule has 0 radical (unpaired) electrons. The van der Waals surface area contributed by atoms with Crippen LogP contribution in [-0.2, 0) is 11.3 Å². The molecule has 0 spiro atoms. The maximum atomic E-state index is 5.48. The van der Waals surface area contributed by atoms with Crippen LogP contribution in [0.25, 0.3) is 11.3 Å². The number of ether oxygens (including phenoxy) is 1. The van der Waals surface area contributed by atoms with Crippen molar-refractivity contribution in [3.05, 3.63) is 42.1 Å². The minimum atomic E-state index is 0.587. The monoisotopic (exact) mass is 369 g/mol. The fourth-order valence-electron chi connectivity index (χ4n) is 3.81. The number of hydrogen-bond acceptors (Lipinski definition) is 5. The van der Waals surface area contributed by atoms with E-state index in [9.17, 15) is 0 Å². The fourth-order valence-corrected chi connectivity index (χ4v) is 3.81. The van der Waals surface area contributed by atoms with Gasteiger partial charge in [-0.2, -0.15) is 0 Å². The number of aromatic nitrogens is 1. The van der Waals surface area contributed by atoms with E-state index >= 15 is 0 Å². The molecular formula is C20H27N5O2. The molecule has 0 amide bonds. The molecule has 3 heterocycles. The first kappa shape index (κ1) is 18.0. The molecule has 2 aliphatic heterocycles. The second-order valence-corrected chi connectivity index (χ2v) is 6.99. The molecule has 4 rings (SSSR count). The van der Waals surface area contributed by atoms with Gasteiger partial charge in [-0.3, -0.25) is 9.89 Å². The summed E-state index contributed by atoms with van der Waals surface area (Å²) >= 11 is 0. The molecule has 7 nitrogen and oxygen atoms in total. The molecule has 1 atom stereocenters. The van der Waals surface area contributed by atoms with Gasteiger partial charge in [-0.25, -0.2) is 0 Å². The molecule has 0 bridgehead atoms. The van der Waals surface area contributed by atoms with Crippen LogP contribution in [0.2, 0.25) is 0 Å². The Bertz CT molecular complexity index is 755. The molecule has 2 fully saturated rings. The third kappa shape index (κ3) is 4.31. The zero-order valence-electron chi connectivity index (χ0n) is 15.8. The van der Waals surface area contributed by atoms with Crippen LogP contribution in [0.4, 0.5) is 0 Å². The number of rotatable bonds is 4. The van der Waals surface area contributed by atoms with Gasteiger partial charge in [0.15, 0.2) is 11.7 Å². The maximum absolute atomic E-state index is 5.48. The van der Waals surface area contributed by atoms with Crippen molar-refractivity contribution < 1.29 is 9.26 Å². The zero-order valence-corrected chi connectivity index (χ0v) is 15.8. The first-order chi connectivity index (χ1) is 13.3. The SMILES string of the molecule is CN=C(NCc1cc(-c2ccccc2)on1)N1CCC(N2CCOCC2)C1. The van der Waals surface area contributed by atoms with E-state index < -0.39 is 0 Å². The lowest BCUT2D eigenvalue weighted by Crippen LogP contribution is -2.46. The van der Waals surface area contributed by atoms with Crippen LogP contribution in [0.3, 0.4) is 0 Å². The van der Waals surface area contributed by atoms with E-state index in [1.807, 2.05) is 43.4 Å². The van der Waals surface area contributed by atoms with Gasteiger partial charge < -0.3 is 19.5 Å². The standard InChI is InChI=1S/C20H27N5O2/c1-21-20(25-8-7-18(15-25)24-9-11-26-12-10-24)22-14-17-13-19(27-23-17)16-5-3-2-4-6-16/h2-6,13,18H,7-12,14-15H2,1H3,(H,21,22). The summed E-state index contributed by atoms with van der Waals surface area (Å²) in [5.74, 6) is 1.71. The summed E-state index contributed by atoms with van der Waals surface area (Å²) in [6, 6.07) is 12.6. The lowest BCUT2D eigenvalue weighted by Gasteiger charge is -2.32. The van der Waals surface area contributed by atoms with Crippen molar-refractivity contribution in [1.82, 2.24) is 20.3 Å². The van der Waals surface area contributed by atoms with E-state index in [0.717, 1.165) is 62.4 Å². The summed E-state index contributed by atoms with van der Waals surface area (Å²) in [4.78, 5) is 9.33. The van der Waals surface area contributed by atoms with Gasteiger partial charge in [0.25, 0.3) is 0 Å². The van der Waals surface area contributed by atoms with Crippen LogP contribution in [-0.4, -0.2) is 73.4 Å². The summed E-state index contributed by atoms with van der Waals surface area (Å²) < 4.78 is 10.9. The molecule has 2 saturated heterocycles. The fraction of sp³-hybridized carbons (Fsp3) is 0.500. The van der Waals surface area contributed by atoms with Crippen LogP contribution >= 0.6 is 0 Å². The number of aliphatic imine (C=N–C) groups is 1. The van der Waals surface area contributed by atoms with Crippen molar-refractivity contribution in [2.45, 2.75) is 19.0 Å². The minimum Gasteiger partial charge on any atom is -0.379 e. The molecule has 2 aromatic rings. The lowest BCUT2D eigenvalue weighted by molar-refractivity contribution is 0.0195. The Hall–Kier alpha value is -2.38. The Labute approximate surface area is 160 Å². The van der Waals surface area contributed by atoms with E-state index in [1.54, 1.807) is 0 Å². The van der Waals surface area contributed by atoms with Crippen molar-refractivity contribution in [2.75, 3.05) is 46.4 Å². The van der Waals surface area contributed by atoms with Crippen molar-refractivity contribution in [3.63, 3.8) is 0 Å². The number of nitrogens with zero attached hydrogens (tertiary/aromatic N) is 4. The highest BCUT2D eigenvalue weighted by molar-refractivity contribution is 5.80. The molecule has 0 saturated carbocycles. The van der Waals surface area contributed by atoms with E-state index in [4.69, 9.17) is 9.26 Å². The Kier molecular flexibility index (Phi) is 5.69. The molecule has 1 unspecified atom stereocenters. The summed E-state index contributed by atoms with van der Waals surface area (Å²) in [6.07, 6.45) is 1.17. The van der Waals surface area contributed by atoms with Crippen molar-refractivity contribution in [2.24, 2.45) is 4.99 Å². The summed E-state index contributed by atoms with van der Waals surface area (Å²) in [5, 5.41) is 7.61. The Morgan fingerprint density at radius 2 is 2.04 bits per heavy atom. The number of benzene rings is 1. The van der Waals surface area contributed by atoms with Gasteiger partial charge in [-0.05, 0) is 6.42 Å². The van der Waals surface area contributed by atoms with Crippen molar-refractivity contribution in [3.8, 4) is 11.3 Å². The molecule has 0 aliphatic carbocycles. The topological polar surface area (TPSA) is 66.1 Å². The number of hydrogen-bond donors (Lipinski definition) is 1. The molecule has 7 heteroatoms. The van der Waals surface area contributed by atoms with Gasteiger partial charge in [-0.1, -0.05) is 35.5 Å². The largest absolute Gasteiger partial charge is 0.379 e. The highest BCUT2D eigenvalue weighted by atomic mass is 16.5. The average molecular weight is 369 g/mol. The van der Waals surface area contributed by atoms with Gasteiger partial charge >= 0.3 is 0 Å². The number of nitrogens with one attached hydrogen (secondary N) is 1. The van der Waals surface area contributed by atoms with Gasteiger partial charge in [0, 0.05) is 50.9 Å². The van der Waals surface area contributed by atoms with Crippen LogP contribution < -0.4 is 5.32 Å². The molecular weight excluding hydrogens is 342 g/mol. The normalized spacial score (nSPS) is 21.6. The second kappa shape index (κ2) is 8.54. The average Bonchev–Trinajstić information content (AvgIpc) is 3.40. The Morgan fingerprint density at radius 3 is 2.81 bits per heavy atom. The summed E-state index contributed by atoms with van der Waals surface area (Å²) in [7, 11) is 1.84. The number of likely N-dealkylation sites (tertiary alicyclic amines) is 1.